The number of aliphatic hydroxyl groups is 2. The minimum absolute atomic E-state index is 0.0573. The lowest BCUT2D eigenvalue weighted by atomic mass is 10.0. The van der Waals surface area contributed by atoms with Gasteiger partial charge in [0, 0.05) is 6.42 Å². The highest BCUT2D eigenvalue weighted by molar-refractivity contribution is 5.77. The normalized spacial score (nSPS) is 13.7. The van der Waals surface area contributed by atoms with E-state index in [1.54, 1.807) is 0 Å². The summed E-state index contributed by atoms with van der Waals surface area (Å²) in [4.78, 5) is 26.3. The molecule has 0 aromatic rings. The molecule has 0 aromatic carbocycles. The van der Waals surface area contributed by atoms with Crippen LogP contribution in [0, 0.1) is 0 Å². The van der Waals surface area contributed by atoms with Gasteiger partial charge in [0.2, 0.25) is 5.91 Å². The topological polar surface area (TPSA) is 95.9 Å². The summed E-state index contributed by atoms with van der Waals surface area (Å²) >= 11 is 0. The Balaban J connectivity index is 4.65. The maximum Gasteiger partial charge on any atom is 0.306 e. The SMILES string of the molecule is CCCCC/C=C\C/C=C\C/C=C\C/C=C\CCCCCC(=O)OC(CCCCCCCCC/C=C\C/C=C\CCCCC)CC(=O)NC(CO)C(O)CCCCCCCCCCCCCC. The van der Waals surface area contributed by atoms with Crippen molar-refractivity contribution in [3.63, 3.8) is 0 Å². The second-order valence-electron chi connectivity index (χ2n) is 19.3. The zero-order valence-electron chi connectivity index (χ0n) is 44.3. The average molecular weight is 937 g/mol. The fourth-order valence-corrected chi connectivity index (χ4v) is 8.39. The van der Waals surface area contributed by atoms with Crippen molar-refractivity contribution in [2.45, 2.75) is 296 Å². The number of ether oxygens (including phenoxy) is 1. The van der Waals surface area contributed by atoms with Gasteiger partial charge in [-0.15, -0.1) is 0 Å². The van der Waals surface area contributed by atoms with Crippen molar-refractivity contribution < 1.29 is 24.5 Å². The number of nitrogens with one attached hydrogen (secondary N) is 1. The fourth-order valence-electron chi connectivity index (χ4n) is 8.39. The van der Waals surface area contributed by atoms with E-state index in [-0.39, 0.29) is 24.9 Å². The second kappa shape index (κ2) is 54.2. The highest BCUT2D eigenvalue weighted by atomic mass is 16.5. The molecule has 6 heteroatoms. The smallest absolute Gasteiger partial charge is 0.306 e. The van der Waals surface area contributed by atoms with E-state index in [4.69, 9.17) is 4.74 Å². The standard InChI is InChI=1S/C61H109NO5/c1-4-7-10-13-16-19-22-25-27-29-30-32-34-36-39-42-45-48-51-54-61(66)67-57(52-49-46-43-40-37-35-33-31-28-26-23-20-17-14-11-8-5-2)55-60(65)62-58(56-63)59(64)53-50-47-44-41-38-24-21-18-15-12-9-6-3/h16-17,19-20,25-28,30,32,36,39,57-59,63-64H,4-15,18,21-24,29,31,33-35,37-38,40-56H2,1-3H3,(H,62,65)/b19-16-,20-17-,27-25-,28-26-,32-30-,39-36-. The Kier molecular flexibility index (Phi) is 52.1. The van der Waals surface area contributed by atoms with E-state index in [2.05, 4.69) is 99.0 Å². The van der Waals surface area contributed by atoms with E-state index in [1.807, 2.05) is 0 Å². The van der Waals surface area contributed by atoms with Gasteiger partial charge < -0.3 is 20.3 Å². The van der Waals surface area contributed by atoms with Crippen LogP contribution in [-0.2, 0) is 14.3 Å². The number of carbonyl (C=O) groups is 2. The third-order valence-corrected chi connectivity index (χ3v) is 12.8. The summed E-state index contributed by atoms with van der Waals surface area (Å²) in [5.41, 5.74) is 0. The first kappa shape index (κ1) is 64.3. The first-order chi connectivity index (χ1) is 33.0. The number of hydrogen-bond acceptors (Lipinski definition) is 5. The van der Waals surface area contributed by atoms with Gasteiger partial charge >= 0.3 is 5.97 Å². The summed E-state index contributed by atoms with van der Waals surface area (Å²) in [6.45, 7) is 6.43. The van der Waals surface area contributed by atoms with Crippen LogP contribution in [-0.4, -0.2) is 46.9 Å². The number of hydrogen-bond donors (Lipinski definition) is 3. The van der Waals surface area contributed by atoms with Crippen molar-refractivity contribution in [2.24, 2.45) is 0 Å². The summed E-state index contributed by atoms with van der Waals surface area (Å²) in [6, 6.07) is -0.714. The van der Waals surface area contributed by atoms with Gasteiger partial charge in [-0.2, -0.15) is 0 Å². The molecule has 0 aliphatic heterocycles. The Bertz CT molecular complexity index is 1230. The van der Waals surface area contributed by atoms with Crippen molar-refractivity contribution in [3.05, 3.63) is 72.9 Å². The van der Waals surface area contributed by atoms with Crippen LogP contribution in [0.2, 0.25) is 0 Å². The molecular weight excluding hydrogens is 827 g/mol. The lowest BCUT2D eigenvalue weighted by molar-refractivity contribution is -0.151. The first-order valence-corrected chi connectivity index (χ1v) is 28.7. The van der Waals surface area contributed by atoms with Gasteiger partial charge in [-0.05, 0) is 103 Å². The molecule has 0 saturated carbocycles. The predicted molar refractivity (Wildman–Crippen MR) is 291 cm³/mol. The Labute approximate surface area is 415 Å². The molecule has 1 amide bonds. The van der Waals surface area contributed by atoms with Crippen molar-refractivity contribution in [2.75, 3.05) is 6.61 Å². The van der Waals surface area contributed by atoms with Crippen LogP contribution in [0.3, 0.4) is 0 Å². The van der Waals surface area contributed by atoms with Crippen LogP contribution < -0.4 is 5.32 Å². The molecule has 6 nitrogen and oxygen atoms in total. The highest BCUT2D eigenvalue weighted by Crippen LogP contribution is 2.18. The summed E-state index contributed by atoms with van der Waals surface area (Å²) in [7, 11) is 0. The molecule has 0 aromatic heterocycles. The molecule has 0 spiro atoms. The predicted octanol–water partition coefficient (Wildman–Crippen LogP) is 17.7. The molecule has 3 N–H and O–H groups in total. The monoisotopic (exact) mass is 936 g/mol. The highest BCUT2D eigenvalue weighted by Gasteiger charge is 2.24. The van der Waals surface area contributed by atoms with Crippen LogP contribution in [0.4, 0.5) is 0 Å². The minimum Gasteiger partial charge on any atom is -0.462 e. The Hall–Kier alpha value is -2.70. The van der Waals surface area contributed by atoms with Crippen molar-refractivity contribution in [3.8, 4) is 0 Å². The fraction of sp³-hybridized carbons (Fsp3) is 0.770. The van der Waals surface area contributed by atoms with E-state index >= 15 is 0 Å². The van der Waals surface area contributed by atoms with E-state index < -0.39 is 18.2 Å². The molecule has 388 valence electrons. The minimum atomic E-state index is -0.799. The molecule has 0 fully saturated rings. The number of carbonyl (C=O) groups excluding carboxylic acids is 2. The molecule has 0 aliphatic rings. The van der Waals surface area contributed by atoms with Gasteiger partial charge in [0.05, 0.1) is 25.2 Å². The maximum absolute atomic E-state index is 13.3. The molecule has 0 saturated heterocycles. The van der Waals surface area contributed by atoms with Gasteiger partial charge in [-0.1, -0.05) is 235 Å². The van der Waals surface area contributed by atoms with E-state index in [1.165, 1.54) is 135 Å². The van der Waals surface area contributed by atoms with Gasteiger partial charge in [0.25, 0.3) is 0 Å². The number of rotatable bonds is 51. The lowest BCUT2D eigenvalue weighted by Crippen LogP contribution is -2.46. The summed E-state index contributed by atoms with van der Waals surface area (Å²) in [5.74, 6) is -0.514. The molecule has 0 bridgehead atoms. The molecule has 0 aliphatic carbocycles. The van der Waals surface area contributed by atoms with Crippen LogP contribution >= 0.6 is 0 Å². The molecule has 67 heavy (non-hydrogen) atoms. The van der Waals surface area contributed by atoms with Gasteiger partial charge in [-0.25, -0.2) is 0 Å². The number of amides is 1. The van der Waals surface area contributed by atoms with Crippen LogP contribution in [0.1, 0.15) is 278 Å². The number of esters is 1. The van der Waals surface area contributed by atoms with Crippen LogP contribution in [0.25, 0.3) is 0 Å². The van der Waals surface area contributed by atoms with E-state index in [0.717, 1.165) is 96.3 Å². The molecular formula is C61H109NO5. The summed E-state index contributed by atoms with van der Waals surface area (Å²) < 4.78 is 5.95. The Morgan fingerprint density at radius 2 is 0.761 bits per heavy atom. The molecule has 0 radical (unpaired) electrons. The van der Waals surface area contributed by atoms with Crippen molar-refractivity contribution >= 4 is 11.9 Å². The molecule has 0 rings (SSSR count). The Morgan fingerprint density at radius 1 is 0.433 bits per heavy atom. The third kappa shape index (κ3) is 49.5. The molecule has 3 atom stereocenters. The zero-order valence-corrected chi connectivity index (χ0v) is 44.3. The van der Waals surface area contributed by atoms with Gasteiger partial charge in [0.1, 0.15) is 6.10 Å². The summed E-state index contributed by atoms with van der Waals surface area (Å²) in [6.07, 6.45) is 69.6. The van der Waals surface area contributed by atoms with Gasteiger partial charge in [0.15, 0.2) is 0 Å². The average Bonchev–Trinajstić information content (AvgIpc) is 3.32. The quantitative estimate of drug-likeness (QED) is 0.0321. The zero-order chi connectivity index (χ0) is 48.8. The number of aliphatic hydroxyl groups excluding tert-OH is 2. The molecule has 3 unspecified atom stereocenters. The van der Waals surface area contributed by atoms with Crippen LogP contribution in [0.15, 0.2) is 72.9 Å². The molecule has 0 heterocycles. The maximum atomic E-state index is 13.3. The Morgan fingerprint density at radius 3 is 1.18 bits per heavy atom. The second-order valence-corrected chi connectivity index (χ2v) is 19.3. The van der Waals surface area contributed by atoms with E-state index in [0.29, 0.717) is 19.3 Å². The van der Waals surface area contributed by atoms with Crippen molar-refractivity contribution in [1.82, 2.24) is 5.32 Å². The summed E-state index contributed by atoms with van der Waals surface area (Å²) in [5, 5.41) is 23.8. The van der Waals surface area contributed by atoms with Crippen molar-refractivity contribution in [1.29, 1.82) is 0 Å². The lowest BCUT2D eigenvalue weighted by Gasteiger charge is -2.24. The third-order valence-electron chi connectivity index (χ3n) is 12.8. The van der Waals surface area contributed by atoms with E-state index in [9.17, 15) is 19.8 Å². The number of allylic oxidation sites excluding steroid dienone is 12. The first-order valence-electron chi connectivity index (χ1n) is 28.7. The number of unbranched alkanes of at least 4 members (excludes halogenated alkanes) is 27. The largest absolute Gasteiger partial charge is 0.462 e. The van der Waals surface area contributed by atoms with Gasteiger partial charge in [-0.3, -0.25) is 9.59 Å². The van der Waals surface area contributed by atoms with Crippen LogP contribution in [0.5, 0.6) is 0 Å².